The average molecular weight is 363 g/mol. The summed E-state index contributed by atoms with van der Waals surface area (Å²) in [7, 11) is 0. The van der Waals surface area contributed by atoms with E-state index in [-0.39, 0.29) is 11.5 Å². The van der Waals surface area contributed by atoms with E-state index in [0.29, 0.717) is 19.6 Å². The fourth-order valence-corrected chi connectivity index (χ4v) is 2.49. The van der Waals surface area contributed by atoms with Crippen molar-refractivity contribution in [2.75, 3.05) is 32.7 Å². The molecule has 1 amide bonds. The Morgan fingerprint density at radius 3 is 2.68 bits per heavy atom. The summed E-state index contributed by atoms with van der Waals surface area (Å²) in [6.45, 7) is 3.54. The van der Waals surface area contributed by atoms with Crippen molar-refractivity contribution in [2.45, 2.75) is 6.42 Å². The first-order chi connectivity index (χ1) is 10.7. The zero-order valence-corrected chi connectivity index (χ0v) is 13.9. The van der Waals surface area contributed by atoms with Crippen molar-refractivity contribution in [1.82, 2.24) is 15.5 Å². The summed E-state index contributed by atoms with van der Waals surface area (Å²) in [5.74, 6) is -0.194. The van der Waals surface area contributed by atoms with Gasteiger partial charge in [0.2, 0.25) is 0 Å². The summed E-state index contributed by atoms with van der Waals surface area (Å²) < 4.78 is 1.05. The van der Waals surface area contributed by atoms with Crippen molar-refractivity contribution in [1.29, 1.82) is 5.26 Å². The fourth-order valence-electron chi connectivity index (χ4n) is 2.22. The smallest absolute Gasteiger partial charge is 0.266 e. The molecule has 0 saturated carbocycles. The summed E-state index contributed by atoms with van der Waals surface area (Å²) in [4.78, 5) is 13.9. The van der Waals surface area contributed by atoms with Gasteiger partial charge in [-0.15, -0.1) is 0 Å². The minimum Gasteiger partial charge on any atom is -0.389 e. The number of hydrogen-bond donors (Lipinski definition) is 2. The molecule has 6 heteroatoms. The van der Waals surface area contributed by atoms with Gasteiger partial charge in [-0.1, -0.05) is 28.1 Å². The Bertz CT molecular complexity index is 571. The molecule has 0 radical (unpaired) electrons. The van der Waals surface area contributed by atoms with Crippen LogP contribution in [0.25, 0.3) is 0 Å². The maximum Gasteiger partial charge on any atom is 0.266 e. The predicted molar refractivity (Wildman–Crippen MR) is 89.0 cm³/mol. The van der Waals surface area contributed by atoms with Gasteiger partial charge < -0.3 is 15.5 Å². The van der Waals surface area contributed by atoms with Crippen molar-refractivity contribution in [2.24, 2.45) is 0 Å². The van der Waals surface area contributed by atoms with Gasteiger partial charge in [-0.05, 0) is 24.1 Å². The molecule has 5 nitrogen and oxygen atoms in total. The van der Waals surface area contributed by atoms with Crippen LogP contribution in [-0.4, -0.2) is 43.5 Å². The minimum absolute atomic E-state index is 0.165. The number of benzene rings is 1. The number of carbonyl (C=O) groups is 1. The number of amides is 1. The molecule has 1 fully saturated rings. The highest BCUT2D eigenvalue weighted by molar-refractivity contribution is 9.10. The second kappa shape index (κ2) is 8.57. The number of rotatable bonds is 5. The topological polar surface area (TPSA) is 68.2 Å². The number of piperazine rings is 1. The molecule has 1 aliphatic heterocycles. The van der Waals surface area contributed by atoms with E-state index in [0.717, 1.165) is 24.0 Å². The first kappa shape index (κ1) is 16.5. The minimum atomic E-state index is -0.194. The van der Waals surface area contributed by atoms with E-state index in [9.17, 15) is 4.79 Å². The van der Waals surface area contributed by atoms with E-state index in [1.165, 1.54) is 11.8 Å². The van der Waals surface area contributed by atoms with Crippen LogP contribution >= 0.6 is 15.9 Å². The van der Waals surface area contributed by atoms with Crippen LogP contribution in [0.4, 0.5) is 0 Å². The number of halogens is 1. The molecule has 1 saturated heterocycles. The molecule has 0 spiro atoms. The standard InChI is InChI=1S/C16H19BrN4O/c17-15-3-1-13(2-4-15)5-6-20-12-14(11-18)16(22)21-9-7-19-8-10-21/h1-4,12,19-20H,5-10H2/b14-12-. The Morgan fingerprint density at radius 1 is 1.36 bits per heavy atom. The van der Waals surface area contributed by atoms with Gasteiger partial charge in [-0.25, -0.2) is 0 Å². The van der Waals surface area contributed by atoms with Crippen molar-refractivity contribution in [3.05, 3.63) is 46.1 Å². The van der Waals surface area contributed by atoms with Crippen LogP contribution in [-0.2, 0) is 11.2 Å². The van der Waals surface area contributed by atoms with E-state index in [1.807, 2.05) is 30.3 Å². The van der Waals surface area contributed by atoms with E-state index < -0.39 is 0 Å². The molecule has 0 bridgehead atoms. The molecular formula is C16H19BrN4O. The first-order valence-electron chi connectivity index (χ1n) is 7.29. The molecule has 1 heterocycles. The van der Waals surface area contributed by atoms with Crippen LogP contribution in [0.15, 0.2) is 40.5 Å². The van der Waals surface area contributed by atoms with E-state index in [1.54, 1.807) is 4.90 Å². The van der Waals surface area contributed by atoms with Crippen LogP contribution < -0.4 is 10.6 Å². The number of hydrogen-bond acceptors (Lipinski definition) is 4. The largest absolute Gasteiger partial charge is 0.389 e. The Morgan fingerprint density at radius 2 is 2.05 bits per heavy atom. The van der Waals surface area contributed by atoms with E-state index in [4.69, 9.17) is 5.26 Å². The van der Waals surface area contributed by atoms with Crippen LogP contribution in [0.3, 0.4) is 0 Å². The van der Waals surface area contributed by atoms with Crippen molar-refractivity contribution in [3.63, 3.8) is 0 Å². The third kappa shape index (κ3) is 4.86. The maximum atomic E-state index is 12.2. The number of nitrogens with one attached hydrogen (secondary N) is 2. The lowest BCUT2D eigenvalue weighted by Gasteiger charge is -2.27. The summed E-state index contributed by atoms with van der Waals surface area (Å²) in [5.41, 5.74) is 1.37. The predicted octanol–water partition coefficient (Wildman–Crippen LogP) is 1.42. The van der Waals surface area contributed by atoms with Gasteiger partial charge in [0.05, 0.1) is 0 Å². The van der Waals surface area contributed by atoms with Gasteiger partial charge in [0.25, 0.3) is 5.91 Å². The van der Waals surface area contributed by atoms with Gasteiger partial charge >= 0.3 is 0 Å². The van der Waals surface area contributed by atoms with Crippen molar-refractivity contribution >= 4 is 21.8 Å². The monoisotopic (exact) mass is 362 g/mol. The van der Waals surface area contributed by atoms with Crippen LogP contribution in [0.1, 0.15) is 5.56 Å². The van der Waals surface area contributed by atoms with Gasteiger partial charge in [0, 0.05) is 43.4 Å². The molecule has 0 aliphatic carbocycles. The van der Waals surface area contributed by atoms with Crippen molar-refractivity contribution < 1.29 is 4.79 Å². The molecule has 1 aromatic carbocycles. The summed E-state index contributed by atoms with van der Waals surface area (Å²) in [5, 5.41) is 15.4. The molecule has 0 aromatic heterocycles. The lowest BCUT2D eigenvalue weighted by atomic mass is 10.1. The molecule has 2 N–H and O–H groups in total. The first-order valence-corrected chi connectivity index (χ1v) is 8.08. The third-order valence-electron chi connectivity index (χ3n) is 3.47. The molecule has 1 aliphatic rings. The Hall–Kier alpha value is -1.84. The van der Waals surface area contributed by atoms with Crippen molar-refractivity contribution in [3.8, 4) is 6.07 Å². The SMILES string of the molecule is N#C/C(=C/NCCc1ccc(Br)cc1)C(=O)N1CCNCC1. The zero-order valence-electron chi connectivity index (χ0n) is 12.3. The van der Waals surface area contributed by atoms with Gasteiger partial charge in [0.1, 0.15) is 11.6 Å². The van der Waals surface area contributed by atoms with Gasteiger partial charge in [0.15, 0.2) is 0 Å². The number of nitriles is 1. The molecule has 1 aromatic rings. The van der Waals surface area contributed by atoms with Gasteiger partial charge in [-0.3, -0.25) is 4.79 Å². The van der Waals surface area contributed by atoms with E-state index in [2.05, 4.69) is 26.6 Å². The zero-order chi connectivity index (χ0) is 15.8. The summed E-state index contributed by atoms with van der Waals surface area (Å²) in [6, 6.07) is 10.1. The highest BCUT2D eigenvalue weighted by Crippen LogP contribution is 2.10. The van der Waals surface area contributed by atoms with E-state index >= 15 is 0 Å². The summed E-state index contributed by atoms with van der Waals surface area (Å²) in [6.07, 6.45) is 2.37. The summed E-state index contributed by atoms with van der Waals surface area (Å²) >= 11 is 3.40. The van der Waals surface area contributed by atoms with Crippen LogP contribution in [0.2, 0.25) is 0 Å². The quantitative estimate of drug-likeness (QED) is 0.472. The molecule has 22 heavy (non-hydrogen) atoms. The third-order valence-corrected chi connectivity index (χ3v) is 4.00. The lowest BCUT2D eigenvalue weighted by molar-refractivity contribution is -0.127. The molecular weight excluding hydrogens is 344 g/mol. The molecule has 0 atom stereocenters. The molecule has 2 rings (SSSR count). The van der Waals surface area contributed by atoms with Gasteiger partial charge in [-0.2, -0.15) is 5.26 Å². The number of carbonyl (C=O) groups excluding carboxylic acids is 1. The Labute approximate surface area is 139 Å². The average Bonchev–Trinajstić information content (AvgIpc) is 2.57. The number of nitrogens with zero attached hydrogens (tertiary/aromatic N) is 2. The lowest BCUT2D eigenvalue weighted by Crippen LogP contribution is -2.46. The highest BCUT2D eigenvalue weighted by atomic mass is 79.9. The highest BCUT2D eigenvalue weighted by Gasteiger charge is 2.19. The molecule has 0 unspecified atom stereocenters. The fraction of sp³-hybridized carbons (Fsp3) is 0.375. The second-order valence-corrected chi connectivity index (χ2v) is 5.96. The van der Waals surface area contributed by atoms with Crippen LogP contribution in [0, 0.1) is 11.3 Å². The normalized spacial score (nSPS) is 15.3. The van der Waals surface area contributed by atoms with Crippen LogP contribution in [0.5, 0.6) is 0 Å². The molecule has 116 valence electrons. The maximum absolute atomic E-state index is 12.2. The Kier molecular flexibility index (Phi) is 6.44. The second-order valence-electron chi connectivity index (χ2n) is 5.04. The Balaban J connectivity index is 1.83.